The number of carbonyl (C=O) groups is 2. The minimum Gasteiger partial charge on any atom is -0.481 e. The molecule has 6 heteroatoms. The summed E-state index contributed by atoms with van der Waals surface area (Å²) in [5, 5.41) is 7.44. The van der Waals surface area contributed by atoms with Gasteiger partial charge in [-0.3, -0.25) is 9.59 Å². The predicted octanol–water partition coefficient (Wildman–Crippen LogP) is 0.0585. The van der Waals surface area contributed by atoms with E-state index in [1.807, 2.05) is 0 Å². The highest BCUT2D eigenvalue weighted by atomic mass is 32.2. The molecule has 0 fully saturated rings. The summed E-state index contributed by atoms with van der Waals surface area (Å²) in [5.41, 5.74) is 0. The van der Waals surface area contributed by atoms with E-state index in [-0.39, 0.29) is 12.8 Å². The van der Waals surface area contributed by atoms with E-state index in [2.05, 4.69) is 0 Å². The zero-order valence-corrected chi connectivity index (χ0v) is 8.30. The molecule has 1 N–H and O–H groups in total. The van der Waals surface area contributed by atoms with Gasteiger partial charge in [-0.2, -0.15) is 0 Å². The van der Waals surface area contributed by atoms with E-state index >= 15 is 0 Å². The molecule has 0 aliphatic carbocycles. The summed E-state index contributed by atoms with van der Waals surface area (Å²) in [4.78, 5) is 21.1. The lowest BCUT2D eigenvalue weighted by Gasteiger charge is -2.05. The number of hydrogen-bond acceptors (Lipinski definition) is 4. The topological polar surface area (TPSA) is 88.5 Å². The molecule has 5 nitrogen and oxygen atoms in total. The van der Waals surface area contributed by atoms with Gasteiger partial charge in [-0.1, -0.05) is 6.92 Å². The Bertz CT molecular complexity index is 303. The lowest BCUT2D eigenvalue weighted by molar-refractivity contribution is -0.138. The van der Waals surface area contributed by atoms with Crippen LogP contribution in [0.25, 0.3) is 0 Å². The van der Waals surface area contributed by atoms with Crippen LogP contribution < -0.4 is 0 Å². The van der Waals surface area contributed by atoms with Crippen LogP contribution >= 0.6 is 0 Å². The van der Waals surface area contributed by atoms with Crippen LogP contribution in [0.4, 0.5) is 0 Å². The van der Waals surface area contributed by atoms with Gasteiger partial charge in [0.2, 0.25) is 15.0 Å². The predicted molar refractivity (Wildman–Crippen MR) is 45.9 cm³/mol. The summed E-state index contributed by atoms with van der Waals surface area (Å²) >= 11 is 0. The van der Waals surface area contributed by atoms with Crippen molar-refractivity contribution in [3.8, 4) is 0 Å². The molecule has 0 bridgehead atoms. The molecule has 13 heavy (non-hydrogen) atoms. The number of hydrogen-bond donors (Lipinski definition) is 1. The van der Waals surface area contributed by atoms with Crippen molar-refractivity contribution in [1.82, 2.24) is 0 Å². The highest BCUT2D eigenvalue weighted by Gasteiger charge is 2.20. The highest BCUT2D eigenvalue weighted by molar-refractivity contribution is 8.05. The lowest BCUT2D eigenvalue weighted by atomic mass is 10.1. The molecule has 0 aliphatic heterocycles. The summed E-state index contributed by atoms with van der Waals surface area (Å²) < 4.78 is 21.3. The Morgan fingerprint density at radius 2 is 1.77 bits per heavy atom. The molecule has 0 unspecified atom stereocenters. The van der Waals surface area contributed by atoms with E-state index < -0.39 is 26.8 Å². The van der Waals surface area contributed by atoms with E-state index in [4.69, 9.17) is 5.11 Å². The second-order valence-electron chi connectivity index (χ2n) is 3.05. The molecular formula is C7H12O5S. The molecule has 0 aliphatic rings. The molecule has 0 rings (SSSR count). The van der Waals surface area contributed by atoms with Crippen LogP contribution in [0.5, 0.6) is 0 Å². The van der Waals surface area contributed by atoms with Crippen molar-refractivity contribution < 1.29 is 23.1 Å². The molecule has 0 radical (unpaired) electrons. The zero-order chi connectivity index (χ0) is 10.6. The van der Waals surface area contributed by atoms with Gasteiger partial charge >= 0.3 is 5.97 Å². The van der Waals surface area contributed by atoms with Crippen molar-refractivity contribution in [2.24, 2.45) is 5.92 Å². The number of carboxylic acids is 1. The first kappa shape index (κ1) is 12.1. The van der Waals surface area contributed by atoms with Crippen LogP contribution in [0.3, 0.4) is 0 Å². The molecule has 0 heterocycles. The molecule has 1 atom stereocenters. The molecular weight excluding hydrogens is 196 g/mol. The third kappa shape index (κ3) is 5.35. The van der Waals surface area contributed by atoms with E-state index in [0.717, 1.165) is 6.26 Å². The van der Waals surface area contributed by atoms with Crippen molar-refractivity contribution in [3.05, 3.63) is 0 Å². The highest BCUT2D eigenvalue weighted by Crippen LogP contribution is 2.09. The third-order valence-electron chi connectivity index (χ3n) is 1.45. The van der Waals surface area contributed by atoms with Crippen LogP contribution in [-0.4, -0.2) is 30.9 Å². The number of rotatable bonds is 4. The fourth-order valence-electron chi connectivity index (χ4n) is 0.806. The average molecular weight is 208 g/mol. The first-order valence-corrected chi connectivity index (χ1v) is 5.57. The molecule has 76 valence electrons. The van der Waals surface area contributed by atoms with Crippen LogP contribution in [0.2, 0.25) is 0 Å². The van der Waals surface area contributed by atoms with E-state index in [1.54, 1.807) is 0 Å². The molecule has 0 aromatic carbocycles. The van der Waals surface area contributed by atoms with Crippen LogP contribution in [0.15, 0.2) is 0 Å². The van der Waals surface area contributed by atoms with Crippen molar-refractivity contribution in [2.45, 2.75) is 19.8 Å². The van der Waals surface area contributed by atoms with Gasteiger partial charge in [0.15, 0.2) is 0 Å². The second-order valence-corrected chi connectivity index (χ2v) is 5.05. The Hall–Kier alpha value is -0.910. The molecule has 0 spiro atoms. The first-order valence-electron chi connectivity index (χ1n) is 3.68. The van der Waals surface area contributed by atoms with Gasteiger partial charge in [0.05, 0.1) is 0 Å². The monoisotopic (exact) mass is 208 g/mol. The van der Waals surface area contributed by atoms with Crippen LogP contribution in [0.1, 0.15) is 19.8 Å². The molecule has 0 aromatic heterocycles. The Labute approximate surface area is 76.7 Å². The largest absolute Gasteiger partial charge is 0.481 e. The summed E-state index contributed by atoms with van der Waals surface area (Å²) in [6.45, 7) is 1.52. The normalized spacial score (nSPS) is 13.7. The molecule has 0 saturated carbocycles. The minimum atomic E-state index is -3.67. The maximum atomic E-state index is 10.9. The fourth-order valence-corrected chi connectivity index (χ4v) is 1.39. The maximum absolute atomic E-state index is 10.9. The quantitative estimate of drug-likeness (QED) is 0.705. The maximum Gasteiger partial charge on any atom is 0.303 e. The average Bonchev–Trinajstić information content (AvgIpc) is 1.82. The van der Waals surface area contributed by atoms with Gasteiger partial charge in [0.25, 0.3) is 0 Å². The zero-order valence-electron chi connectivity index (χ0n) is 7.48. The second kappa shape index (κ2) is 4.36. The van der Waals surface area contributed by atoms with Crippen molar-refractivity contribution in [1.29, 1.82) is 0 Å². The number of carbonyl (C=O) groups excluding carboxylic acids is 1. The van der Waals surface area contributed by atoms with Gasteiger partial charge in [0, 0.05) is 19.1 Å². The summed E-state index contributed by atoms with van der Waals surface area (Å²) in [6.07, 6.45) is 0.398. The Balaban J connectivity index is 4.16. The Kier molecular flexibility index (Phi) is 4.06. The molecule has 0 saturated heterocycles. The van der Waals surface area contributed by atoms with Crippen molar-refractivity contribution >= 4 is 20.9 Å². The van der Waals surface area contributed by atoms with Gasteiger partial charge in [-0.25, -0.2) is 8.42 Å². The fraction of sp³-hybridized carbons (Fsp3) is 0.714. The number of sulfone groups is 1. The van der Waals surface area contributed by atoms with Gasteiger partial charge in [-0.05, 0) is 5.92 Å². The third-order valence-corrected chi connectivity index (χ3v) is 2.45. The van der Waals surface area contributed by atoms with Crippen molar-refractivity contribution in [2.75, 3.05) is 6.26 Å². The SMILES string of the molecule is C[C@H](CC(=O)O)CC(=O)S(C)(=O)=O. The number of carboxylic acid groups (broad SMARTS) is 1. The summed E-state index contributed by atoms with van der Waals surface area (Å²) in [6, 6.07) is 0. The first-order chi connectivity index (χ1) is 5.73. The number of aliphatic carboxylic acids is 1. The summed E-state index contributed by atoms with van der Waals surface area (Å²) in [7, 11) is -3.67. The van der Waals surface area contributed by atoms with Crippen LogP contribution in [-0.2, 0) is 19.4 Å². The lowest BCUT2D eigenvalue weighted by Crippen LogP contribution is -2.17. The van der Waals surface area contributed by atoms with Gasteiger partial charge < -0.3 is 5.11 Å². The van der Waals surface area contributed by atoms with Crippen molar-refractivity contribution in [3.63, 3.8) is 0 Å². The van der Waals surface area contributed by atoms with Crippen LogP contribution in [0, 0.1) is 5.92 Å². The molecule has 0 aromatic rings. The smallest absolute Gasteiger partial charge is 0.303 e. The Morgan fingerprint density at radius 3 is 2.08 bits per heavy atom. The van der Waals surface area contributed by atoms with E-state index in [0.29, 0.717) is 0 Å². The minimum absolute atomic E-state index is 0.193. The van der Waals surface area contributed by atoms with E-state index in [1.165, 1.54) is 6.92 Å². The Morgan fingerprint density at radius 1 is 1.31 bits per heavy atom. The molecule has 0 amide bonds. The van der Waals surface area contributed by atoms with Gasteiger partial charge in [-0.15, -0.1) is 0 Å². The van der Waals surface area contributed by atoms with Gasteiger partial charge in [0.1, 0.15) is 0 Å². The standard InChI is InChI=1S/C7H12O5S/c1-5(3-6(8)9)4-7(10)13(2,11)12/h5H,3-4H2,1-2H3,(H,8,9)/t5-/m1/s1. The summed E-state index contributed by atoms with van der Waals surface area (Å²) in [5.74, 6) is -1.48. The van der Waals surface area contributed by atoms with E-state index in [9.17, 15) is 18.0 Å².